The molecule has 6 unspecified atom stereocenters. The average molecular weight is 1000 g/mol. The fourth-order valence-corrected chi connectivity index (χ4v) is 8.51. The van der Waals surface area contributed by atoms with Crippen LogP contribution in [0.5, 0.6) is 0 Å². The van der Waals surface area contributed by atoms with Gasteiger partial charge in [-0.2, -0.15) is 0 Å². The molecule has 2 aliphatic rings. The largest absolute Gasteiger partial charge is 0.481 e. The van der Waals surface area contributed by atoms with E-state index in [1.54, 1.807) is 37.4 Å². The van der Waals surface area contributed by atoms with E-state index >= 15 is 0 Å². The van der Waals surface area contributed by atoms with Gasteiger partial charge >= 0.3 is 17.9 Å². The van der Waals surface area contributed by atoms with E-state index in [0.717, 1.165) is 32.1 Å². The Balaban J connectivity index is -0.0000000946. The van der Waals surface area contributed by atoms with Gasteiger partial charge in [-0.15, -0.1) is 0 Å². The number of sulfone groups is 1. The standard InChI is InChI=1S/C13H18O4S.C12H20O4.C10H18O4.C8H12O4.8CH4/c1-11(14)10-12(17-2)8-9-18(15,16)13-6-4-3-5-7-13;1-9(13)8-12(16-2)7-5-3-4-6-10(12)11(14)15;1-8(11)7-9(14-2)5-3-4-6-10(12)13;1-5(9)3-8(12-2)4-6(8)7(10)11;;;;;;;;/h3-7,12H,8-10H2,1-2H3;10H,3-8H2,1-2H3,(H,14,15);9H,3-7H2,1-2H3,(H,12,13);6H,3-4H2,1-2H3,(H,10,11);8*1H4. The normalized spacial score (nSPS) is 19.1. The first-order chi connectivity index (χ1) is 28.0. The molecule has 0 saturated heterocycles. The predicted molar refractivity (Wildman–Crippen MR) is 275 cm³/mol. The lowest BCUT2D eigenvalue weighted by molar-refractivity contribution is -0.158. The molecular weight excluding hydrogens is 901 g/mol. The van der Waals surface area contributed by atoms with Crippen LogP contribution in [-0.2, 0) is 62.3 Å². The van der Waals surface area contributed by atoms with Crippen LogP contribution in [0.2, 0.25) is 0 Å². The number of carbonyl (C=O) groups is 7. The summed E-state index contributed by atoms with van der Waals surface area (Å²) in [7, 11) is 2.74. The van der Waals surface area contributed by atoms with E-state index in [-0.39, 0.29) is 126 Å². The predicted octanol–water partition coefficient (Wildman–Crippen LogP) is 11.0. The summed E-state index contributed by atoms with van der Waals surface area (Å²) < 4.78 is 44.7. The quantitative estimate of drug-likeness (QED) is 0.0681. The molecule has 6 atom stereocenters. The van der Waals surface area contributed by atoms with E-state index in [2.05, 4.69) is 0 Å². The zero-order valence-corrected chi connectivity index (χ0v) is 37.4. The van der Waals surface area contributed by atoms with E-state index in [9.17, 15) is 47.1 Å². The number of carbonyl (C=O) groups excluding carboxylic acids is 4. The van der Waals surface area contributed by atoms with Crippen LogP contribution in [-0.4, -0.2) is 122 Å². The van der Waals surface area contributed by atoms with Gasteiger partial charge in [0.25, 0.3) is 0 Å². The summed E-state index contributed by atoms with van der Waals surface area (Å²) in [5.41, 5.74) is -1.48. The Labute approximate surface area is 413 Å². The number of carboxylic acids is 3. The van der Waals surface area contributed by atoms with E-state index in [1.165, 1.54) is 49.0 Å². The second kappa shape index (κ2) is 43.1. The maximum atomic E-state index is 12.0. The second-order valence-corrected chi connectivity index (χ2v) is 17.6. The van der Waals surface area contributed by atoms with Crippen molar-refractivity contribution in [1.29, 1.82) is 0 Å². The van der Waals surface area contributed by atoms with Gasteiger partial charge in [-0.05, 0) is 78.4 Å². The van der Waals surface area contributed by atoms with Crippen LogP contribution >= 0.6 is 0 Å². The summed E-state index contributed by atoms with van der Waals surface area (Å²) >= 11 is 0. The number of benzene rings is 1. The van der Waals surface area contributed by atoms with E-state index in [1.807, 2.05) is 0 Å². The lowest BCUT2D eigenvalue weighted by Crippen LogP contribution is -2.45. The van der Waals surface area contributed by atoms with Crippen molar-refractivity contribution < 1.29 is 76.2 Å². The van der Waals surface area contributed by atoms with Crippen molar-refractivity contribution in [2.45, 2.75) is 212 Å². The first-order valence-corrected chi connectivity index (χ1v) is 21.8. The number of Topliss-reactive ketones (excluding diaryl/α,β-unsaturated/α-hetero) is 4. The number of carboxylic acid groups (broad SMARTS) is 3. The van der Waals surface area contributed by atoms with E-state index in [4.69, 9.17) is 29.2 Å². The van der Waals surface area contributed by atoms with Crippen LogP contribution in [0.1, 0.15) is 183 Å². The minimum absolute atomic E-state index is 0. The van der Waals surface area contributed by atoms with Gasteiger partial charge in [0.05, 0.1) is 45.9 Å². The number of methoxy groups -OCH3 is 4. The number of rotatable bonds is 23. The third-order valence-corrected chi connectivity index (χ3v) is 12.2. The number of unbranched alkanes of at least 4 members (excludes halogenated alkanes) is 1. The average Bonchev–Trinajstić information content (AvgIpc) is 3.94. The Morgan fingerprint density at radius 2 is 1.04 bits per heavy atom. The Kier molecular flexibility index (Phi) is 53.3. The Morgan fingerprint density at radius 3 is 1.41 bits per heavy atom. The molecule has 0 radical (unpaired) electrons. The van der Waals surface area contributed by atoms with Crippen molar-refractivity contribution in [3.63, 3.8) is 0 Å². The Hall–Kier alpha value is -3.90. The lowest BCUT2D eigenvalue weighted by Gasteiger charge is -2.35. The molecule has 2 saturated carbocycles. The molecule has 406 valence electrons. The Bertz CT molecular complexity index is 1630. The summed E-state index contributed by atoms with van der Waals surface area (Å²) in [5.74, 6) is -3.48. The monoisotopic (exact) mass is 1000 g/mol. The highest BCUT2D eigenvalue weighted by molar-refractivity contribution is 7.91. The molecule has 0 aliphatic heterocycles. The highest BCUT2D eigenvalue weighted by Gasteiger charge is 2.60. The molecule has 2 fully saturated rings. The second-order valence-electron chi connectivity index (χ2n) is 15.5. The summed E-state index contributed by atoms with van der Waals surface area (Å²) in [6, 6.07) is 8.30. The van der Waals surface area contributed by atoms with Gasteiger partial charge in [0, 0.05) is 60.5 Å². The highest BCUT2D eigenvalue weighted by Crippen LogP contribution is 2.49. The topological polar surface area (TPSA) is 251 Å². The van der Waals surface area contributed by atoms with Crippen LogP contribution in [0.15, 0.2) is 35.2 Å². The smallest absolute Gasteiger partial charge is 0.309 e. The SMILES string of the molecule is C.C.C.C.C.C.C.C.COC(CCCCC(=O)O)CC(C)=O.COC(CCS(=O)(=O)c1ccccc1)CC(C)=O.COC1(CC(C)=O)CC1C(=O)O.COC1(CC(C)=O)CCCCCC1C(=O)O. The molecule has 0 heterocycles. The molecule has 1 aromatic carbocycles. The van der Waals surface area contributed by atoms with Crippen LogP contribution in [0.3, 0.4) is 0 Å². The highest BCUT2D eigenvalue weighted by atomic mass is 32.2. The van der Waals surface area contributed by atoms with Gasteiger partial charge in [-0.25, -0.2) is 8.42 Å². The molecule has 3 N–H and O–H groups in total. The molecule has 17 heteroatoms. The number of ether oxygens (including phenoxy) is 4. The van der Waals surface area contributed by atoms with Crippen molar-refractivity contribution in [3.05, 3.63) is 30.3 Å². The molecule has 1 aromatic rings. The Morgan fingerprint density at radius 1 is 0.603 bits per heavy atom. The summed E-state index contributed by atoms with van der Waals surface area (Å²) in [5, 5.41) is 26.3. The van der Waals surface area contributed by atoms with Crippen molar-refractivity contribution in [1.82, 2.24) is 0 Å². The van der Waals surface area contributed by atoms with Gasteiger partial charge in [0.1, 0.15) is 23.1 Å². The van der Waals surface area contributed by atoms with Gasteiger partial charge in [0.2, 0.25) is 0 Å². The number of ketones is 4. The molecule has 3 rings (SSSR count). The molecule has 0 aromatic heterocycles. The van der Waals surface area contributed by atoms with Crippen molar-refractivity contribution in [3.8, 4) is 0 Å². The van der Waals surface area contributed by atoms with Gasteiger partial charge in [-0.1, -0.05) is 103 Å². The maximum Gasteiger partial charge on any atom is 0.309 e. The van der Waals surface area contributed by atoms with E-state index < -0.39 is 50.8 Å². The summed E-state index contributed by atoms with van der Waals surface area (Å²) in [4.78, 5) is 76.1. The molecular formula is C51H100O16S. The molecule has 16 nitrogen and oxygen atoms in total. The van der Waals surface area contributed by atoms with Crippen LogP contribution in [0, 0.1) is 11.8 Å². The van der Waals surface area contributed by atoms with Crippen LogP contribution in [0.25, 0.3) is 0 Å². The van der Waals surface area contributed by atoms with Gasteiger partial charge in [0.15, 0.2) is 9.84 Å². The van der Waals surface area contributed by atoms with Crippen molar-refractivity contribution in [2.75, 3.05) is 34.2 Å². The zero-order valence-electron chi connectivity index (χ0n) is 36.6. The zero-order chi connectivity index (χ0) is 46.1. The molecule has 68 heavy (non-hydrogen) atoms. The van der Waals surface area contributed by atoms with Crippen LogP contribution in [0.4, 0.5) is 0 Å². The van der Waals surface area contributed by atoms with Crippen molar-refractivity contribution in [2.24, 2.45) is 11.8 Å². The fourth-order valence-electron chi connectivity index (χ4n) is 7.13. The van der Waals surface area contributed by atoms with E-state index in [0.29, 0.717) is 43.4 Å². The molecule has 0 bridgehead atoms. The number of aliphatic carboxylic acids is 3. The third kappa shape index (κ3) is 33.6. The fraction of sp³-hybridized carbons (Fsp3) is 0.745. The first kappa shape index (κ1) is 84.1. The first-order valence-electron chi connectivity index (χ1n) is 20.1. The van der Waals surface area contributed by atoms with Crippen LogP contribution < -0.4 is 0 Å². The van der Waals surface area contributed by atoms with Gasteiger partial charge < -0.3 is 34.3 Å². The minimum atomic E-state index is -3.29. The lowest BCUT2D eigenvalue weighted by atomic mass is 9.79. The summed E-state index contributed by atoms with van der Waals surface area (Å²) in [6.45, 7) is 5.93. The summed E-state index contributed by atoms with van der Waals surface area (Å²) in [6.07, 6.45) is 8.00. The van der Waals surface area contributed by atoms with Gasteiger partial charge in [-0.3, -0.25) is 33.6 Å². The molecule has 0 amide bonds. The van der Waals surface area contributed by atoms with Crippen molar-refractivity contribution >= 4 is 50.9 Å². The maximum absolute atomic E-state index is 12.0. The number of hydrogen-bond donors (Lipinski definition) is 3. The third-order valence-electron chi connectivity index (χ3n) is 10.4. The number of hydrogen-bond acceptors (Lipinski definition) is 13. The molecule has 2 aliphatic carbocycles. The minimum Gasteiger partial charge on any atom is -0.481 e. The molecule has 0 spiro atoms.